The summed E-state index contributed by atoms with van der Waals surface area (Å²) in [5.74, 6) is 0.996. The van der Waals surface area contributed by atoms with Crippen molar-refractivity contribution in [3.63, 3.8) is 0 Å². The molecule has 2 atom stereocenters. The van der Waals surface area contributed by atoms with Crippen LogP contribution >= 0.6 is 11.6 Å². The number of ether oxygens (including phenoxy) is 3. The van der Waals surface area contributed by atoms with E-state index >= 15 is 4.39 Å². The maximum atomic E-state index is 16.4. The van der Waals surface area contributed by atoms with Crippen LogP contribution in [0.4, 0.5) is 4.39 Å². The first-order valence-electron chi connectivity index (χ1n) is 17.0. The van der Waals surface area contributed by atoms with Crippen molar-refractivity contribution in [1.82, 2.24) is 35.8 Å². The fourth-order valence-electron chi connectivity index (χ4n) is 7.59. The maximum absolute atomic E-state index is 16.4. The van der Waals surface area contributed by atoms with Crippen LogP contribution in [0.3, 0.4) is 0 Å². The van der Waals surface area contributed by atoms with Gasteiger partial charge in [0.05, 0.1) is 54.0 Å². The summed E-state index contributed by atoms with van der Waals surface area (Å²) in [7, 11) is 3.07. The number of carbonyl (C=O) groups excluding carboxylic acids is 2. The highest BCUT2D eigenvalue weighted by atomic mass is 35.5. The van der Waals surface area contributed by atoms with E-state index in [4.69, 9.17) is 30.8 Å². The molecule has 3 saturated heterocycles. The Hall–Kier alpha value is -4.85. The van der Waals surface area contributed by atoms with E-state index in [2.05, 4.69) is 30.8 Å². The molecular formula is C37H37ClFN7O5. The van der Waals surface area contributed by atoms with E-state index in [0.29, 0.717) is 88.8 Å². The van der Waals surface area contributed by atoms with Crippen LogP contribution in [0.25, 0.3) is 33.6 Å². The summed E-state index contributed by atoms with van der Waals surface area (Å²) in [5, 5.41) is 9.85. The van der Waals surface area contributed by atoms with Crippen molar-refractivity contribution in [3.8, 4) is 51.2 Å². The zero-order valence-electron chi connectivity index (χ0n) is 28.2. The average Bonchev–Trinajstić information content (AvgIpc) is 3.85. The first-order valence-corrected chi connectivity index (χ1v) is 17.4. The summed E-state index contributed by atoms with van der Waals surface area (Å²) >= 11 is 7.04. The van der Waals surface area contributed by atoms with Crippen molar-refractivity contribution >= 4 is 23.4 Å². The van der Waals surface area contributed by atoms with E-state index in [-0.39, 0.29) is 35.0 Å². The normalized spacial score (nSPS) is 20.5. The number of rotatable bonds is 10. The maximum Gasteiger partial charge on any atom is 0.237 e. The minimum Gasteiger partial charge on any atom is -0.491 e. The van der Waals surface area contributed by atoms with Gasteiger partial charge in [0, 0.05) is 73.4 Å². The largest absolute Gasteiger partial charge is 0.491 e. The first-order chi connectivity index (χ1) is 24.7. The molecule has 14 heteroatoms. The van der Waals surface area contributed by atoms with Crippen molar-refractivity contribution in [3.05, 3.63) is 70.8 Å². The standard InChI is InChI=1S/C37H37ClFN7O5/c1-49-35-27(16-46-18-37(19-46)12-11-31(48)45-37)41-15-26(44-35)24-8-4-6-22(34(24)39)21-5-3-7-23(33(21)38)25-13-29-32(36(43-25)50-2)28(17-51-29)40-14-20-9-10-30(47)42-20/h3-8,13,15,20,28,40H,9-12,14,16-19H2,1-2H3,(H,42,47)(H,45,48). The number of hydrogen-bond acceptors (Lipinski definition) is 10. The lowest BCUT2D eigenvalue weighted by atomic mass is 9.88. The van der Waals surface area contributed by atoms with Gasteiger partial charge in [0.1, 0.15) is 23.9 Å². The first kappa shape index (κ1) is 33.3. The Bertz CT molecular complexity index is 2040. The summed E-state index contributed by atoms with van der Waals surface area (Å²) in [6, 6.07) is 12.2. The predicted molar refractivity (Wildman–Crippen MR) is 187 cm³/mol. The molecule has 2 aromatic carbocycles. The van der Waals surface area contributed by atoms with E-state index in [9.17, 15) is 9.59 Å². The molecule has 4 aliphatic rings. The number of methoxy groups -OCH3 is 2. The number of carbonyl (C=O) groups is 2. The summed E-state index contributed by atoms with van der Waals surface area (Å²) in [6.45, 7) is 2.97. The van der Waals surface area contributed by atoms with Gasteiger partial charge in [-0.25, -0.2) is 14.4 Å². The minimum atomic E-state index is -0.502. The molecule has 8 rings (SSSR count). The summed E-state index contributed by atoms with van der Waals surface area (Å²) < 4.78 is 33.8. The second kappa shape index (κ2) is 13.4. The Balaban J connectivity index is 1.04. The van der Waals surface area contributed by atoms with Crippen molar-refractivity contribution in [2.24, 2.45) is 0 Å². The molecule has 2 aromatic heterocycles. The van der Waals surface area contributed by atoms with Crippen LogP contribution < -0.4 is 30.2 Å². The van der Waals surface area contributed by atoms with Gasteiger partial charge in [-0.15, -0.1) is 0 Å². The van der Waals surface area contributed by atoms with Crippen LogP contribution in [-0.4, -0.2) is 83.7 Å². The highest BCUT2D eigenvalue weighted by Crippen LogP contribution is 2.44. The van der Waals surface area contributed by atoms with Crippen molar-refractivity contribution in [1.29, 1.82) is 0 Å². The molecule has 4 aliphatic heterocycles. The number of nitrogens with one attached hydrogen (secondary N) is 3. The van der Waals surface area contributed by atoms with Gasteiger partial charge >= 0.3 is 0 Å². The highest BCUT2D eigenvalue weighted by molar-refractivity contribution is 6.36. The van der Waals surface area contributed by atoms with Gasteiger partial charge in [-0.3, -0.25) is 19.5 Å². The van der Waals surface area contributed by atoms with Gasteiger partial charge in [-0.05, 0) is 18.9 Å². The second-order valence-electron chi connectivity index (χ2n) is 13.5. The molecule has 264 valence electrons. The molecule has 0 bridgehead atoms. The van der Waals surface area contributed by atoms with Crippen LogP contribution in [0, 0.1) is 5.82 Å². The fourth-order valence-corrected chi connectivity index (χ4v) is 7.92. The van der Waals surface area contributed by atoms with Crippen LogP contribution in [0.2, 0.25) is 5.02 Å². The SMILES string of the molecule is COc1nc(-c2cccc(-c3cccc(-c4cc5c(c(OC)n4)C(NCC4CCC(=O)N4)CO5)c3Cl)c2F)cnc1CN1CC2(CCC(=O)N2)C1. The summed E-state index contributed by atoms with van der Waals surface area (Å²) in [6.07, 6.45) is 4.27. The molecule has 2 amide bonds. The van der Waals surface area contributed by atoms with Crippen LogP contribution in [-0.2, 0) is 16.1 Å². The topological polar surface area (TPSA) is 140 Å². The third kappa shape index (κ3) is 6.23. The zero-order chi connectivity index (χ0) is 35.3. The van der Waals surface area contributed by atoms with Crippen molar-refractivity contribution in [2.45, 2.75) is 49.9 Å². The molecule has 6 heterocycles. The van der Waals surface area contributed by atoms with Gasteiger partial charge in [0.2, 0.25) is 23.6 Å². The van der Waals surface area contributed by atoms with E-state index in [0.717, 1.165) is 31.5 Å². The Morgan fingerprint density at radius 1 is 1.00 bits per heavy atom. The van der Waals surface area contributed by atoms with Gasteiger partial charge in [-0.1, -0.05) is 41.9 Å². The lowest BCUT2D eigenvalue weighted by molar-refractivity contribution is -0.121. The molecule has 0 aliphatic carbocycles. The minimum absolute atomic E-state index is 0.0664. The van der Waals surface area contributed by atoms with Gasteiger partial charge in [0.15, 0.2) is 0 Å². The Labute approximate surface area is 299 Å². The van der Waals surface area contributed by atoms with Crippen LogP contribution in [0.15, 0.2) is 48.7 Å². The molecule has 0 radical (unpaired) electrons. The van der Waals surface area contributed by atoms with Crippen LogP contribution in [0.5, 0.6) is 17.5 Å². The number of pyridine rings is 1. The van der Waals surface area contributed by atoms with Crippen molar-refractivity contribution in [2.75, 3.05) is 40.5 Å². The highest BCUT2D eigenvalue weighted by Gasteiger charge is 2.47. The molecule has 4 aromatic rings. The Morgan fingerprint density at radius 3 is 2.47 bits per heavy atom. The van der Waals surface area contributed by atoms with E-state index in [1.165, 1.54) is 7.11 Å². The van der Waals surface area contributed by atoms with E-state index < -0.39 is 5.82 Å². The number of amides is 2. The molecule has 51 heavy (non-hydrogen) atoms. The molecule has 3 fully saturated rings. The number of hydrogen-bond donors (Lipinski definition) is 3. The van der Waals surface area contributed by atoms with Gasteiger partial charge in [0.25, 0.3) is 0 Å². The second-order valence-corrected chi connectivity index (χ2v) is 13.9. The lowest BCUT2D eigenvalue weighted by Crippen LogP contribution is -2.66. The zero-order valence-corrected chi connectivity index (χ0v) is 29.0. The van der Waals surface area contributed by atoms with Gasteiger partial charge in [-0.2, -0.15) is 0 Å². The number of fused-ring (bicyclic) bond motifs is 1. The number of nitrogens with zero attached hydrogens (tertiary/aromatic N) is 4. The smallest absolute Gasteiger partial charge is 0.237 e. The third-order valence-corrected chi connectivity index (χ3v) is 10.5. The predicted octanol–water partition coefficient (Wildman–Crippen LogP) is 4.45. The number of likely N-dealkylation sites (tertiary alicyclic amines) is 1. The summed E-state index contributed by atoms with van der Waals surface area (Å²) in [5.41, 5.74) is 3.76. The fraction of sp³-hybridized carbons (Fsp3) is 0.378. The molecule has 0 saturated carbocycles. The van der Waals surface area contributed by atoms with Crippen molar-refractivity contribution < 1.29 is 28.2 Å². The van der Waals surface area contributed by atoms with Gasteiger partial charge < -0.3 is 30.2 Å². The number of benzene rings is 2. The van der Waals surface area contributed by atoms with E-state index in [1.807, 2.05) is 12.1 Å². The van der Waals surface area contributed by atoms with Crippen LogP contribution in [0.1, 0.15) is 43.0 Å². The van der Waals surface area contributed by atoms with E-state index in [1.54, 1.807) is 43.6 Å². The Kier molecular flexibility index (Phi) is 8.73. The molecular weight excluding hydrogens is 677 g/mol. The summed E-state index contributed by atoms with van der Waals surface area (Å²) in [4.78, 5) is 39.6. The Morgan fingerprint density at radius 2 is 1.75 bits per heavy atom. The third-order valence-electron chi connectivity index (χ3n) is 10.1. The average molecular weight is 714 g/mol. The quantitative estimate of drug-likeness (QED) is 0.216. The molecule has 2 unspecified atom stereocenters. The molecule has 12 nitrogen and oxygen atoms in total. The number of halogens is 2. The number of aromatic nitrogens is 3. The lowest BCUT2D eigenvalue weighted by Gasteiger charge is -2.47. The molecule has 3 N–H and O–H groups in total. The molecule has 1 spiro atoms. The monoisotopic (exact) mass is 713 g/mol.